The molecule has 35 heavy (non-hydrogen) atoms. The van der Waals surface area contributed by atoms with Gasteiger partial charge in [-0.15, -0.1) is 0 Å². The summed E-state index contributed by atoms with van der Waals surface area (Å²) in [6.07, 6.45) is 10.3. The summed E-state index contributed by atoms with van der Waals surface area (Å²) >= 11 is 0. The average molecular weight is 502 g/mol. The molecule has 0 saturated carbocycles. The van der Waals surface area contributed by atoms with Gasteiger partial charge in [0.05, 0.1) is 37.3 Å². The zero-order valence-electron chi connectivity index (χ0n) is 20.8. The second kappa shape index (κ2) is 10.5. The van der Waals surface area contributed by atoms with Gasteiger partial charge in [-0.1, -0.05) is 0 Å². The number of aromatic nitrogens is 5. The molecule has 2 aliphatic rings. The van der Waals surface area contributed by atoms with Crippen molar-refractivity contribution in [3.8, 4) is 5.88 Å². The highest BCUT2D eigenvalue weighted by Gasteiger charge is 2.31. The third-order valence-corrected chi connectivity index (χ3v) is 7.62. The van der Waals surface area contributed by atoms with Gasteiger partial charge in [-0.05, 0) is 30.9 Å². The third-order valence-electron chi connectivity index (χ3n) is 6.23. The van der Waals surface area contributed by atoms with Crippen LogP contribution in [-0.4, -0.2) is 102 Å². The average Bonchev–Trinajstić information content (AvgIpc) is 3.28. The lowest BCUT2D eigenvalue weighted by Crippen LogP contribution is -2.50. The fraction of sp³-hybridized carbons (Fsp3) is 0.583. The van der Waals surface area contributed by atoms with Crippen molar-refractivity contribution in [2.24, 2.45) is 5.92 Å². The van der Waals surface area contributed by atoms with E-state index >= 15 is 0 Å². The van der Waals surface area contributed by atoms with Crippen molar-refractivity contribution in [3.05, 3.63) is 30.7 Å². The van der Waals surface area contributed by atoms with E-state index in [1.165, 1.54) is 0 Å². The lowest BCUT2D eigenvalue weighted by molar-refractivity contribution is 0.0806. The smallest absolute Gasteiger partial charge is 0.226 e. The van der Waals surface area contributed by atoms with E-state index in [0.717, 1.165) is 61.2 Å². The first-order chi connectivity index (χ1) is 17.0. The van der Waals surface area contributed by atoms with Crippen molar-refractivity contribution in [1.29, 1.82) is 0 Å². The van der Waals surface area contributed by atoms with Gasteiger partial charge in [0.15, 0.2) is 0 Å². The van der Waals surface area contributed by atoms with Gasteiger partial charge in [-0.25, -0.2) is 14.7 Å². The summed E-state index contributed by atoms with van der Waals surface area (Å²) < 4.78 is 19.4. The molecule has 2 saturated heterocycles. The van der Waals surface area contributed by atoms with Gasteiger partial charge in [0.25, 0.3) is 0 Å². The van der Waals surface area contributed by atoms with Crippen LogP contribution < -0.4 is 14.5 Å². The van der Waals surface area contributed by atoms with Crippen molar-refractivity contribution in [1.82, 2.24) is 24.7 Å². The Morgan fingerprint density at radius 1 is 1.11 bits per heavy atom. The molecule has 11 heteroatoms. The Morgan fingerprint density at radius 2 is 1.94 bits per heavy atom. The van der Waals surface area contributed by atoms with Gasteiger partial charge in [0, 0.05) is 50.1 Å². The van der Waals surface area contributed by atoms with E-state index in [-0.39, 0.29) is 0 Å². The predicted octanol–water partition coefficient (Wildman–Crippen LogP) is 2.24. The Kier molecular flexibility index (Phi) is 7.26. The first-order valence-electron chi connectivity index (χ1n) is 12.0. The maximum absolute atomic E-state index is 6.26. The normalized spacial score (nSPS) is 17.6. The van der Waals surface area contributed by atoms with Gasteiger partial charge in [-0.2, -0.15) is 15.1 Å². The number of hydrogen-bond donors (Lipinski definition) is 0. The van der Waals surface area contributed by atoms with Crippen LogP contribution in [0.1, 0.15) is 0 Å². The molecule has 0 aromatic carbocycles. The quantitative estimate of drug-likeness (QED) is 0.388. The van der Waals surface area contributed by atoms with E-state index in [2.05, 4.69) is 43.6 Å². The number of morpholine rings is 1. The van der Waals surface area contributed by atoms with Crippen molar-refractivity contribution in [2.45, 2.75) is 6.73 Å². The van der Waals surface area contributed by atoms with Gasteiger partial charge in [0.1, 0.15) is 18.9 Å². The van der Waals surface area contributed by atoms with Crippen LogP contribution in [0.15, 0.2) is 30.7 Å². The van der Waals surface area contributed by atoms with Crippen LogP contribution in [0.3, 0.4) is 0 Å². The minimum absolute atomic E-state index is 0.395. The van der Waals surface area contributed by atoms with E-state index < -0.39 is 10.0 Å². The molecule has 0 aliphatic carbocycles. The molecule has 0 N–H and O–H groups in total. The second-order valence-corrected chi connectivity index (χ2v) is 14.5. The largest absolute Gasteiger partial charge is 0.477 e. The molecule has 3 aromatic rings. The molecular weight excluding hydrogens is 466 g/mol. The summed E-state index contributed by atoms with van der Waals surface area (Å²) in [4.78, 5) is 18.3. The number of pyridine rings is 2. The van der Waals surface area contributed by atoms with Crippen LogP contribution in [0.2, 0.25) is 0 Å². The Hall–Kier alpha value is -2.63. The van der Waals surface area contributed by atoms with Crippen LogP contribution >= 0.6 is 10.0 Å². The van der Waals surface area contributed by atoms with Gasteiger partial charge >= 0.3 is 0 Å². The molecule has 0 unspecified atom stereocenters. The minimum atomic E-state index is -0.557. The molecule has 0 radical (unpaired) electrons. The molecule has 10 nitrogen and oxygen atoms in total. The summed E-state index contributed by atoms with van der Waals surface area (Å²) in [7, 11) is -0.557. The van der Waals surface area contributed by atoms with Crippen LogP contribution in [0.4, 0.5) is 11.8 Å². The molecule has 2 fully saturated rings. The maximum atomic E-state index is 6.26. The lowest BCUT2D eigenvalue weighted by atomic mass is 10.0. The molecule has 5 heterocycles. The van der Waals surface area contributed by atoms with E-state index in [0.29, 0.717) is 38.3 Å². The third kappa shape index (κ3) is 5.96. The summed E-state index contributed by atoms with van der Waals surface area (Å²) in [6.45, 7) is 6.57. The molecule has 0 bridgehead atoms. The molecular formula is C24H35N7O3S. The predicted molar refractivity (Wildman–Crippen MR) is 140 cm³/mol. The topological polar surface area (TPSA) is 90.7 Å². The van der Waals surface area contributed by atoms with Crippen LogP contribution in [0, 0.1) is 5.92 Å². The molecule has 190 valence electrons. The number of fused-ring (bicyclic) bond motifs is 1. The highest BCUT2D eigenvalue weighted by atomic mass is 32.3. The number of hydrogen-bond acceptors (Lipinski definition) is 9. The van der Waals surface area contributed by atoms with E-state index in [1.807, 2.05) is 29.1 Å². The number of rotatable bonds is 10. The molecule has 0 amide bonds. The highest BCUT2D eigenvalue weighted by molar-refractivity contribution is 8.32. The van der Waals surface area contributed by atoms with Crippen molar-refractivity contribution < 1.29 is 14.2 Å². The van der Waals surface area contributed by atoms with Crippen molar-refractivity contribution in [3.63, 3.8) is 0 Å². The van der Waals surface area contributed by atoms with E-state index in [4.69, 9.17) is 19.2 Å². The molecule has 3 aromatic heterocycles. The number of ether oxygens (including phenoxy) is 3. The summed E-state index contributed by atoms with van der Waals surface area (Å²) in [6, 6.07) is 5.98. The standard InChI is InChI=1S/C24H35N7O3S/c1-35(2,3)12-11-33-18-31-24(26-17-27-31)30-14-19(15-30)16-34-23-20-5-4-6-25-21(20)13-22(28-23)29-7-9-32-10-8-29/h4-6,13,17,19H,7-12,14-16,18H2,1-3H3. The zero-order valence-corrected chi connectivity index (χ0v) is 21.6. The second-order valence-electron chi connectivity index (χ2n) is 9.93. The maximum Gasteiger partial charge on any atom is 0.226 e. The number of anilines is 2. The molecule has 2 aliphatic heterocycles. The Morgan fingerprint density at radius 3 is 2.74 bits per heavy atom. The molecule has 0 atom stereocenters. The first kappa shape index (κ1) is 24.1. The fourth-order valence-corrected chi connectivity index (χ4v) is 4.80. The van der Waals surface area contributed by atoms with Gasteiger partial charge in [0.2, 0.25) is 11.8 Å². The van der Waals surface area contributed by atoms with Gasteiger partial charge < -0.3 is 24.0 Å². The highest BCUT2D eigenvalue weighted by Crippen LogP contribution is 2.33. The van der Waals surface area contributed by atoms with Gasteiger partial charge in [-0.3, -0.25) is 4.98 Å². The summed E-state index contributed by atoms with van der Waals surface area (Å²) in [5, 5.41) is 5.28. The summed E-state index contributed by atoms with van der Waals surface area (Å²) in [5.74, 6) is 3.88. The minimum Gasteiger partial charge on any atom is -0.477 e. The Balaban J connectivity index is 1.17. The lowest BCUT2D eigenvalue weighted by Gasteiger charge is -2.39. The van der Waals surface area contributed by atoms with E-state index in [9.17, 15) is 0 Å². The van der Waals surface area contributed by atoms with Crippen LogP contribution in [0.5, 0.6) is 5.88 Å². The Labute approximate surface area is 207 Å². The fourth-order valence-electron chi connectivity index (χ4n) is 4.19. The monoisotopic (exact) mass is 501 g/mol. The van der Waals surface area contributed by atoms with Crippen molar-refractivity contribution >= 4 is 32.7 Å². The van der Waals surface area contributed by atoms with Crippen LogP contribution in [-0.2, 0) is 16.2 Å². The summed E-state index contributed by atoms with van der Waals surface area (Å²) in [5.41, 5.74) is 0.899. The number of nitrogens with zero attached hydrogens (tertiary/aromatic N) is 7. The molecule has 5 rings (SSSR count). The Bertz CT molecular complexity index is 1120. The molecule has 0 spiro atoms. The SMILES string of the molecule is CS(C)(C)CCOCn1ncnc1N1CC(COc2nc(N3CCOCC3)cc3ncccc23)C1. The van der Waals surface area contributed by atoms with Crippen LogP contribution in [0.25, 0.3) is 10.9 Å². The van der Waals surface area contributed by atoms with Crippen molar-refractivity contribution in [2.75, 3.05) is 86.9 Å². The van der Waals surface area contributed by atoms with E-state index in [1.54, 1.807) is 6.33 Å². The first-order valence-corrected chi connectivity index (χ1v) is 15.1. The zero-order chi connectivity index (χ0) is 24.3.